The summed E-state index contributed by atoms with van der Waals surface area (Å²) in [6, 6.07) is 14.2. The van der Waals surface area contributed by atoms with Crippen molar-refractivity contribution in [3.63, 3.8) is 0 Å². The molecule has 2 aromatic rings. The van der Waals surface area contributed by atoms with Gasteiger partial charge in [-0.2, -0.15) is 0 Å². The highest BCUT2D eigenvalue weighted by atomic mass is 16.4. The Morgan fingerprint density at radius 1 is 0.842 bits per heavy atom. The Balaban J connectivity index is 2.36. The summed E-state index contributed by atoms with van der Waals surface area (Å²) in [5, 5.41) is 9.02. The smallest absolute Gasteiger partial charge is 0.328 e. The number of hydrogen-bond donors (Lipinski definition) is 1. The van der Waals surface area contributed by atoms with Crippen molar-refractivity contribution in [2.45, 2.75) is 0 Å². The van der Waals surface area contributed by atoms with E-state index in [9.17, 15) is 9.59 Å². The summed E-state index contributed by atoms with van der Waals surface area (Å²) in [6.07, 6.45) is 1.16. The van der Waals surface area contributed by atoms with E-state index in [0.29, 0.717) is 27.8 Å². The molecular weight excluding hydrogens is 240 g/mol. The third-order valence-electron chi connectivity index (χ3n) is 3.19. The lowest BCUT2D eigenvalue weighted by Crippen LogP contribution is -2.14. The third-order valence-corrected chi connectivity index (χ3v) is 3.19. The lowest BCUT2D eigenvalue weighted by molar-refractivity contribution is -0.131. The third kappa shape index (κ3) is 1.76. The van der Waals surface area contributed by atoms with Gasteiger partial charge in [0.15, 0.2) is 5.78 Å². The zero-order chi connectivity index (χ0) is 13.4. The molecule has 0 atom stereocenters. The van der Waals surface area contributed by atoms with E-state index in [2.05, 4.69) is 0 Å². The Bertz CT molecular complexity index is 675. The second-order valence-corrected chi connectivity index (χ2v) is 4.32. The maximum atomic E-state index is 12.4. The molecule has 1 aliphatic carbocycles. The molecule has 92 valence electrons. The van der Waals surface area contributed by atoms with Crippen molar-refractivity contribution in [1.29, 1.82) is 0 Å². The van der Waals surface area contributed by atoms with Gasteiger partial charge < -0.3 is 5.11 Å². The van der Waals surface area contributed by atoms with E-state index >= 15 is 0 Å². The van der Waals surface area contributed by atoms with E-state index in [0.717, 1.165) is 6.08 Å². The summed E-state index contributed by atoms with van der Waals surface area (Å²) in [7, 11) is 0. The number of hydrogen-bond acceptors (Lipinski definition) is 2. The molecule has 0 heterocycles. The summed E-state index contributed by atoms with van der Waals surface area (Å²) in [4.78, 5) is 23.4. The normalized spacial score (nSPS) is 12.6. The van der Waals surface area contributed by atoms with Gasteiger partial charge in [0.05, 0.1) is 0 Å². The largest absolute Gasteiger partial charge is 0.478 e. The molecule has 1 N–H and O–H groups in total. The predicted molar refractivity (Wildman–Crippen MR) is 71.0 cm³/mol. The van der Waals surface area contributed by atoms with Crippen molar-refractivity contribution in [2.24, 2.45) is 0 Å². The topological polar surface area (TPSA) is 54.4 Å². The molecule has 0 aliphatic heterocycles. The maximum Gasteiger partial charge on any atom is 0.328 e. The van der Waals surface area contributed by atoms with Crippen LogP contribution in [0.3, 0.4) is 0 Å². The molecule has 0 bridgehead atoms. The summed E-state index contributed by atoms with van der Waals surface area (Å²) < 4.78 is 0. The van der Waals surface area contributed by atoms with Crippen LogP contribution in [0, 0.1) is 0 Å². The van der Waals surface area contributed by atoms with Crippen LogP contribution in [0.5, 0.6) is 0 Å². The number of carbonyl (C=O) groups is 2. The predicted octanol–water partition coefficient (Wildman–Crippen LogP) is 2.75. The van der Waals surface area contributed by atoms with E-state index < -0.39 is 5.97 Å². The highest BCUT2D eigenvalue weighted by Gasteiger charge is 2.26. The van der Waals surface area contributed by atoms with E-state index in [-0.39, 0.29) is 5.78 Å². The van der Waals surface area contributed by atoms with Crippen molar-refractivity contribution in [1.82, 2.24) is 0 Å². The van der Waals surface area contributed by atoms with Gasteiger partial charge in [0, 0.05) is 17.2 Å². The van der Waals surface area contributed by atoms with Gasteiger partial charge in [-0.3, -0.25) is 4.79 Å². The van der Waals surface area contributed by atoms with E-state index in [1.54, 1.807) is 48.5 Å². The molecule has 0 fully saturated rings. The molecular formula is C16H10O3. The minimum Gasteiger partial charge on any atom is -0.478 e. The number of aliphatic carboxylic acids is 1. The monoisotopic (exact) mass is 250 g/mol. The van der Waals surface area contributed by atoms with E-state index in [1.165, 1.54) is 0 Å². The summed E-state index contributed by atoms with van der Waals surface area (Å²) in [6.45, 7) is 0. The molecule has 3 nitrogen and oxygen atoms in total. The Kier molecular flexibility index (Phi) is 2.53. The van der Waals surface area contributed by atoms with Crippen LogP contribution < -0.4 is 0 Å². The van der Waals surface area contributed by atoms with Crippen LogP contribution in [0.25, 0.3) is 5.57 Å². The molecule has 3 heteroatoms. The summed E-state index contributed by atoms with van der Waals surface area (Å²) >= 11 is 0. The molecule has 1 aliphatic rings. The SMILES string of the molecule is O=C(O)C=C1c2ccccc2C(=O)c2ccccc21. The van der Waals surface area contributed by atoms with Gasteiger partial charge in [-0.05, 0) is 16.7 Å². The Morgan fingerprint density at radius 2 is 1.26 bits per heavy atom. The molecule has 19 heavy (non-hydrogen) atoms. The number of ketones is 1. The van der Waals surface area contributed by atoms with Gasteiger partial charge in [0.2, 0.25) is 0 Å². The minimum atomic E-state index is -1.02. The molecule has 0 saturated carbocycles. The molecule has 0 unspecified atom stereocenters. The van der Waals surface area contributed by atoms with Crippen molar-refractivity contribution < 1.29 is 14.7 Å². The van der Waals surface area contributed by atoms with Crippen molar-refractivity contribution in [2.75, 3.05) is 0 Å². The lowest BCUT2D eigenvalue weighted by atomic mass is 9.81. The van der Waals surface area contributed by atoms with Crippen LogP contribution in [0.1, 0.15) is 27.0 Å². The molecule has 3 rings (SSSR count). The molecule has 0 amide bonds. The number of fused-ring (bicyclic) bond motifs is 2. The first-order valence-electron chi connectivity index (χ1n) is 5.86. The first-order chi connectivity index (χ1) is 9.18. The fraction of sp³-hybridized carbons (Fsp3) is 0. The number of rotatable bonds is 1. The number of benzene rings is 2. The van der Waals surface area contributed by atoms with E-state index in [4.69, 9.17) is 5.11 Å². The molecule has 2 aromatic carbocycles. The number of carboxylic acid groups (broad SMARTS) is 1. The lowest BCUT2D eigenvalue weighted by Gasteiger charge is -2.20. The van der Waals surface area contributed by atoms with E-state index in [1.807, 2.05) is 0 Å². The van der Waals surface area contributed by atoms with Crippen LogP contribution in [0.15, 0.2) is 54.6 Å². The van der Waals surface area contributed by atoms with Gasteiger partial charge in [-0.1, -0.05) is 48.5 Å². The first-order valence-corrected chi connectivity index (χ1v) is 5.86. The van der Waals surface area contributed by atoms with Crippen LogP contribution in [0.2, 0.25) is 0 Å². The van der Waals surface area contributed by atoms with Gasteiger partial charge in [0.25, 0.3) is 0 Å². The molecule has 0 radical (unpaired) electrons. The van der Waals surface area contributed by atoms with Crippen LogP contribution in [0.4, 0.5) is 0 Å². The number of carboxylic acids is 1. The van der Waals surface area contributed by atoms with Crippen molar-refractivity contribution in [3.8, 4) is 0 Å². The maximum absolute atomic E-state index is 12.4. The molecule has 0 spiro atoms. The fourth-order valence-corrected chi connectivity index (χ4v) is 2.40. The van der Waals surface area contributed by atoms with Gasteiger partial charge in [-0.25, -0.2) is 4.79 Å². The quantitative estimate of drug-likeness (QED) is 0.675. The van der Waals surface area contributed by atoms with Gasteiger partial charge in [-0.15, -0.1) is 0 Å². The molecule has 0 aromatic heterocycles. The van der Waals surface area contributed by atoms with Crippen LogP contribution >= 0.6 is 0 Å². The zero-order valence-electron chi connectivity index (χ0n) is 9.96. The molecule has 0 saturated heterocycles. The zero-order valence-corrected chi connectivity index (χ0v) is 9.96. The Hall–Kier alpha value is -2.68. The average Bonchev–Trinajstić information content (AvgIpc) is 2.43. The summed E-state index contributed by atoms with van der Waals surface area (Å²) in [5.74, 6) is -1.08. The second-order valence-electron chi connectivity index (χ2n) is 4.32. The number of carbonyl (C=O) groups excluding carboxylic acids is 1. The first kappa shape index (κ1) is 11.4. The standard InChI is InChI=1S/C16H10O3/c17-15(18)9-14-10-5-1-3-7-12(10)16(19)13-8-4-2-6-11(13)14/h1-9H,(H,17,18). The Morgan fingerprint density at radius 3 is 1.68 bits per heavy atom. The average molecular weight is 250 g/mol. The highest BCUT2D eigenvalue weighted by molar-refractivity contribution is 6.19. The van der Waals surface area contributed by atoms with Crippen LogP contribution in [-0.2, 0) is 4.79 Å². The van der Waals surface area contributed by atoms with Gasteiger partial charge >= 0.3 is 5.97 Å². The van der Waals surface area contributed by atoms with Crippen molar-refractivity contribution >= 4 is 17.3 Å². The highest BCUT2D eigenvalue weighted by Crippen LogP contribution is 2.35. The second kappa shape index (κ2) is 4.21. The fourth-order valence-electron chi connectivity index (χ4n) is 2.40. The summed E-state index contributed by atoms with van der Waals surface area (Å²) in [5.41, 5.74) is 3.03. The van der Waals surface area contributed by atoms with Gasteiger partial charge in [0.1, 0.15) is 0 Å². The minimum absolute atomic E-state index is 0.0614. The van der Waals surface area contributed by atoms with Crippen molar-refractivity contribution in [3.05, 3.63) is 76.9 Å². The van der Waals surface area contributed by atoms with Crippen LogP contribution in [-0.4, -0.2) is 16.9 Å². The Labute approximate surface area is 109 Å².